The third kappa shape index (κ3) is 12.5. The Hall–Kier alpha value is -1.46. The Bertz CT molecular complexity index is 226. The van der Waals surface area contributed by atoms with Crippen LogP contribution in [-0.4, -0.2) is 66.9 Å². The molecule has 0 rings (SSSR count). The van der Waals surface area contributed by atoms with Gasteiger partial charge < -0.3 is 20.0 Å². The van der Waals surface area contributed by atoms with E-state index in [0.717, 1.165) is 12.5 Å². The summed E-state index contributed by atoms with van der Waals surface area (Å²) in [6, 6.07) is 0. The molecule has 0 aromatic carbocycles. The Kier molecular flexibility index (Phi) is 11.6. The summed E-state index contributed by atoms with van der Waals surface area (Å²) >= 11 is 0. The molecule has 0 saturated carbocycles. The molecule has 0 saturated heterocycles. The lowest BCUT2D eigenvalue weighted by atomic mass is 10.2. The molecule has 0 heterocycles. The fourth-order valence-corrected chi connectivity index (χ4v) is 1.41. The van der Waals surface area contributed by atoms with E-state index in [4.69, 9.17) is 15.0 Å². The lowest BCUT2D eigenvalue weighted by Gasteiger charge is -2.26. The van der Waals surface area contributed by atoms with Crippen LogP contribution in [0.4, 0.5) is 4.79 Å². The second-order valence-corrected chi connectivity index (χ2v) is 3.83. The van der Waals surface area contributed by atoms with Crippen LogP contribution in [0.25, 0.3) is 0 Å². The summed E-state index contributed by atoms with van der Waals surface area (Å²) in [6.45, 7) is 3.32. The zero-order valence-electron chi connectivity index (χ0n) is 11.5. The van der Waals surface area contributed by atoms with Crippen LogP contribution in [0.1, 0.15) is 26.2 Å². The Balaban J connectivity index is 0. The van der Waals surface area contributed by atoms with Gasteiger partial charge in [-0.3, -0.25) is 4.99 Å². The highest BCUT2D eigenvalue weighted by molar-refractivity contribution is 5.79. The van der Waals surface area contributed by atoms with E-state index in [0.29, 0.717) is 0 Å². The normalized spacial score (nSPS) is 10.3. The van der Waals surface area contributed by atoms with Crippen LogP contribution >= 0.6 is 0 Å². The number of hydrogen-bond acceptors (Lipinski definition) is 2. The molecule has 0 atom stereocenters. The minimum atomic E-state index is -1.83. The van der Waals surface area contributed by atoms with Gasteiger partial charge >= 0.3 is 6.16 Å². The van der Waals surface area contributed by atoms with Crippen molar-refractivity contribution < 1.29 is 15.0 Å². The maximum absolute atomic E-state index is 8.56. The number of unbranched alkanes of at least 4 members (excludes halogenated alkanes) is 2. The molecular formula is C11H25N3O3. The molecular weight excluding hydrogens is 222 g/mol. The first-order valence-electron chi connectivity index (χ1n) is 5.63. The van der Waals surface area contributed by atoms with Crippen LogP contribution in [0.3, 0.4) is 0 Å². The molecule has 0 bridgehead atoms. The summed E-state index contributed by atoms with van der Waals surface area (Å²) in [5, 5.41) is 13.9. The number of carbonyl (C=O) groups is 1. The third-order valence-electron chi connectivity index (χ3n) is 2.04. The van der Waals surface area contributed by atoms with Gasteiger partial charge in [-0.1, -0.05) is 19.8 Å². The van der Waals surface area contributed by atoms with E-state index < -0.39 is 6.16 Å². The Morgan fingerprint density at radius 2 is 1.65 bits per heavy atom. The van der Waals surface area contributed by atoms with E-state index in [1.165, 1.54) is 19.3 Å². The molecule has 6 heteroatoms. The fraction of sp³-hybridized carbons (Fsp3) is 0.818. The molecule has 0 radical (unpaired) electrons. The van der Waals surface area contributed by atoms with Crippen molar-refractivity contribution in [1.82, 2.24) is 9.80 Å². The number of rotatable bonds is 4. The standard InChI is InChI=1S/C10H23N3.CH2O3/c1-6-7-8-9-13(5)10(11-2)12(3)4;2-1(3)4/h6-9H2,1-5H3;(H2,2,3,4). The van der Waals surface area contributed by atoms with Crippen molar-refractivity contribution in [3.63, 3.8) is 0 Å². The second kappa shape index (κ2) is 11.0. The van der Waals surface area contributed by atoms with E-state index in [2.05, 4.69) is 23.9 Å². The summed E-state index contributed by atoms with van der Waals surface area (Å²) in [7, 11) is 7.99. The van der Waals surface area contributed by atoms with Crippen molar-refractivity contribution in [3.05, 3.63) is 0 Å². The maximum atomic E-state index is 8.56. The zero-order chi connectivity index (χ0) is 13.8. The van der Waals surface area contributed by atoms with Crippen molar-refractivity contribution in [1.29, 1.82) is 0 Å². The largest absolute Gasteiger partial charge is 0.503 e. The predicted octanol–water partition coefficient (Wildman–Crippen LogP) is 1.88. The molecule has 0 spiro atoms. The van der Waals surface area contributed by atoms with Gasteiger partial charge in [0.1, 0.15) is 0 Å². The zero-order valence-corrected chi connectivity index (χ0v) is 11.5. The molecule has 0 aliphatic carbocycles. The smallest absolute Gasteiger partial charge is 0.450 e. The van der Waals surface area contributed by atoms with Crippen molar-refractivity contribution in [2.75, 3.05) is 34.7 Å². The number of nitrogens with zero attached hydrogens (tertiary/aromatic N) is 3. The van der Waals surface area contributed by atoms with E-state index in [1.54, 1.807) is 0 Å². The first kappa shape index (κ1) is 17.9. The average Bonchev–Trinajstić information content (AvgIpc) is 2.17. The van der Waals surface area contributed by atoms with Gasteiger partial charge in [0, 0.05) is 34.7 Å². The molecule has 0 fully saturated rings. The summed E-state index contributed by atoms with van der Waals surface area (Å²) in [5.41, 5.74) is 0. The molecule has 2 N–H and O–H groups in total. The molecule has 0 aliphatic rings. The van der Waals surface area contributed by atoms with Gasteiger partial charge in [-0.15, -0.1) is 0 Å². The molecule has 6 nitrogen and oxygen atoms in total. The summed E-state index contributed by atoms with van der Waals surface area (Å²) in [4.78, 5) is 17.0. The maximum Gasteiger partial charge on any atom is 0.503 e. The topological polar surface area (TPSA) is 76.4 Å². The SMILES string of the molecule is CCCCCN(C)C(=NC)N(C)C.O=C(O)O. The van der Waals surface area contributed by atoms with Gasteiger partial charge in [0.2, 0.25) is 0 Å². The highest BCUT2D eigenvalue weighted by atomic mass is 16.6. The van der Waals surface area contributed by atoms with Crippen LogP contribution in [-0.2, 0) is 0 Å². The predicted molar refractivity (Wildman–Crippen MR) is 69.9 cm³/mol. The quantitative estimate of drug-likeness (QED) is 0.450. The van der Waals surface area contributed by atoms with Gasteiger partial charge in [-0.25, -0.2) is 4.79 Å². The van der Waals surface area contributed by atoms with Crippen LogP contribution in [0.15, 0.2) is 4.99 Å². The Labute approximate surface area is 104 Å². The summed E-state index contributed by atoms with van der Waals surface area (Å²) in [6.07, 6.45) is 1.99. The minimum Gasteiger partial charge on any atom is -0.450 e. The number of carboxylic acid groups (broad SMARTS) is 2. The number of guanidine groups is 1. The van der Waals surface area contributed by atoms with Crippen molar-refractivity contribution >= 4 is 12.1 Å². The molecule has 0 unspecified atom stereocenters. The van der Waals surface area contributed by atoms with Crippen LogP contribution < -0.4 is 0 Å². The van der Waals surface area contributed by atoms with Gasteiger partial charge in [-0.2, -0.15) is 0 Å². The van der Waals surface area contributed by atoms with Gasteiger partial charge in [0.25, 0.3) is 0 Å². The van der Waals surface area contributed by atoms with E-state index in [9.17, 15) is 0 Å². The monoisotopic (exact) mass is 247 g/mol. The van der Waals surface area contributed by atoms with E-state index >= 15 is 0 Å². The molecule has 0 aliphatic heterocycles. The molecule has 0 aromatic heterocycles. The average molecular weight is 247 g/mol. The first-order chi connectivity index (χ1) is 7.86. The van der Waals surface area contributed by atoms with E-state index in [-0.39, 0.29) is 0 Å². The molecule has 102 valence electrons. The first-order valence-corrected chi connectivity index (χ1v) is 5.63. The Morgan fingerprint density at radius 3 is 1.94 bits per heavy atom. The van der Waals surface area contributed by atoms with Gasteiger partial charge in [-0.05, 0) is 6.42 Å². The highest BCUT2D eigenvalue weighted by Gasteiger charge is 2.06. The fourth-order valence-electron chi connectivity index (χ4n) is 1.41. The summed E-state index contributed by atoms with van der Waals surface area (Å²) in [5.74, 6) is 1.05. The van der Waals surface area contributed by atoms with E-state index in [1.807, 2.05) is 26.0 Å². The minimum absolute atomic E-state index is 1.05. The third-order valence-corrected chi connectivity index (χ3v) is 2.04. The van der Waals surface area contributed by atoms with Crippen molar-refractivity contribution in [3.8, 4) is 0 Å². The lowest BCUT2D eigenvalue weighted by Crippen LogP contribution is -2.38. The van der Waals surface area contributed by atoms with Crippen molar-refractivity contribution in [2.24, 2.45) is 4.99 Å². The van der Waals surface area contributed by atoms with Crippen LogP contribution in [0.2, 0.25) is 0 Å². The lowest BCUT2D eigenvalue weighted by molar-refractivity contribution is 0.137. The highest BCUT2D eigenvalue weighted by Crippen LogP contribution is 1.98. The molecule has 0 amide bonds. The summed E-state index contributed by atoms with van der Waals surface area (Å²) < 4.78 is 0. The Morgan fingerprint density at radius 1 is 1.18 bits per heavy atom. The molecule has 17 heavy (non-hydrogen) atoms. The van der Waals surface area contributed by atoms with Crippen LogP contribution in [0, 0.1) is 0 Å². The number of aliphatic imine (C=N–C) groups is 1. The number of hydrogen-bond donors (Lipinski definition) is 2. The second-order valence-electron chi connectivity index (χ2n) is 3.83. The van der Waals surface area contributed by atoms with Gasteiger partial charge in [0.05, 0.1) is 0 Å². The molecule has 0 aromatic rings. The van der Waals surface area contributed by atoms with Gasteiger partial charge in [0.15, 0.2) is 5.96 Å². The van der Waals surface area contributed by atoms with Crippen molar-refractivity contribution in [2.45, 2.75) is 26.2 Å². The van der Waals surface area contributed by atoms with Crippen LogP contribution in [0.5, 0.6) is 0 Å².